The number of rotatable bonds is 5. The quantitative estimate of drug-likeness (QED) is 0.435. The number of hydrogen-bond donors (Lipinski definition) is 2. The van der Waals surface area contributed by atoms with Gasteiger partial charge in [-0.2, -0.15) is 0 Å². The normalized spacial score (nSPS) is 19.4. The lowest BCUT2D eigenvalue weighted by Gasteiger charge is -2.33. The van der Waals surface area contributed by atoms with Crippen LogP contribution in [0.3, 0.4) is 0 Å². The van der Waals surface area contributed by atoms with E-state index in [0.29, 0.717) is 28.1 Å². The van der Waals surface area contributed by atoms with Crippen LogP contribution in [0.4, 0.5) is 0 Å². The van der Waals surface area contributed by atoms with Crippen molar-refractivity contribution in [3.8, 4) is 0 Å². The Kier molecular flexibility index (Phi) is 6.15. The SMILES string of the molecule is CN[C@H](C(=O)NC1CCCC(n2c(=O)c3c(C)onc3c3c(Cl)cccc32)C1)c1ccccc1. The van der Waals surface area contributed by atoms with Crippen molar-refractivity contribution >= 4 is 39.3 Å². The minimum atomic E-state index is -0.431. The molecule has 4 aromatic rings. The highest BCUT2D eigenvalue weighted by Crippen LogP contribution is 2.35. The first-order valence-electron chi connectivity index (χ1n) is 11.6. The first-order chi connectivity index (χ1) is 16.5. The molecule has 2 unspecified atom stereocenters. The minimum Gasteiger partial charge on any atom is -0.360 e. The third kappa shape index (κ3) is 3.89. The van der Waals surface area contributed by atoms with Crippen LogP contribution in [-0.2, 0) is 4.79 Å². The van der Waals surface area contributed by atoms with E-state index in [1.54, 1.807) is 20.0 Å². The van der Waals surface area contributed by atoms with Crippen LogP contribution in [0.15, 0.2) is 57.8 Å². The maximum absolute atomic E-state index is 13.6. The Morgan fingerprint density at radius 2 is 1.94 bits per heavy atom. The molecule has 2 aromatic carbocycles. The largest absolute Gasteiger partial charge is 0.360 e. The lowest BCUT2D eigenvalue weighted by Crippen LogP contribution is -2.44. The second-order valence-electron chi connectivity index (χ2n) is 8.93. The molecular weight excluding hydrogens is 452 g/mol. The van der Waals surface area contributed by atoms with Crippen molar-refractivity contribution in [2.45, 2.75) is 50.7 Å². The Morgan fingerprint density at radius 1 is 1.15 bits per heavy atom. The van der Waals surface area contributed by atoms with Gasteiger partial charge in [0.2, 0.25) is 5.91 Å². The summed E-state index contributed by atoms with van der Waals surface area (Å²) in [4.78, 5) is 26.7. The summed E-state index contributed by atoms with van der Waals surface area (Å²) in [5.74, 6) is 0.417. The van der Waals surface area contributed by atoms with Gasteiger partial charge in [0.1, 0.15) is 22.7 Å². The topological polar surface area (TPSA) is 89.2 Å². The Hall–Kier alpha value is -3.16. The van der Waals surface area contributed by atoms with E-state index in [4.69, 9.17) is 16.1 Å². The van der Waals surface area contributed by atoms with Gasteiger partial charge in [-0.1, -0.05) is 53.2 Å². The minimum absolute atomic E-state index is 0.0359. The van der Waals surface area contributed by atoms with Gasteiger partial charge in [-0.25, -0.2) is 0 Å². The molecule has 7 nitrogen and oxygen atoms in total. The fourth-order valence-electron chi connectivity index (χ4n) is 5.24. The zero-order valence-corrected chi connectivity index (χ0v) is 19.9. The van der Waals surface area contributed by atoms with Gasteiger partial charge in [0.25, 0.3) is 5.56 Å². The van der Waals surface area contributed by atoms with E-state index >= 15 is 0 Å². The van der Waals surface area contributed by atoms with Gasteiger partial charge >= 0.3 is 0 Å². The molecule has 0 bridgehead atoms. The summed E-state index contributed by atoms with van der Waals surface area (Å²) in [5, 5.41) is 12.2. The van der Waals surface area contributed by atoms with Gasteiger partial charge in [0, 0.05) is 17.5 Å². The molecule has 3 atom stereocenters. The first kappa shape index (κ1) is 22.6. The number of amides is 1. The van der Waals surface area contributed by atoms with Crippen LogP contribution in [0.2, 0.25) is 5.02 Å². The molecule has 1 aliphatic rings. The number of carbonyl (C=O) groups excluding carboxylic acids is 1. The molecule has 0 radical (unpaired) electrons. The summed E-state index contributed by atoms with van der Waals surface area (Å²) in [7, 11) is 1.78. The Labute approximate surface area is 202 Å². The zero-order valence-electron chi connectivity index (χ0n) is 19.2. The number of carbonyl (C=O) groups is 1. The molecule has 176 valence electrons. The monoisotopic (exact) mass is 478 g/mol. The van der Waals surface area contributed by atoms with Crippen molar-refractivity contribution in [3.05, 3.63) is 75.2 Å². The summed E-state index contributed by atoms with van der Waals surface area (Å²) in [6.07, 6.45) is 3.28. The Morgan fingerprint density at radius 3 is 2.71 bits per heavy atom. The third-order valence-electron chi connectivity index (χ3n) is 6.83. The molecule has 5 rings (SSSR count). The summed E-state index contributed by atoms with van der Waals surface area (Å²) in [6.45, 7) is 1.75. The van der Waals surface area contributed by atoms with E-state index < -0.39 is 6.04 Å². The first-order valence-corrected chi connectivity index (χ1v) is 12.0. The average Bonchev–Trinajstić information content (AvgIpc) is 3.22. The molecule has 8 heteroatoms. The Bertz CT molecular complexity index is 1410. The molecule has 1 amide bonds. The van der Waals surface area contributed by atoms with Gasteiger partial charge < -0.3 is 19.7 Å². The smallest absolute Gasteiger partial charge is 0.264 e. The number of benzene rings is 2. The standard InChI is InChI=1S/C26H27ClN4O3/c1-15-21-24(30-34-15)22-19(27)12-7-13-20(22)31(26(21)33)18-11-6-10-17(14-18)29-25(32)23(28-2)16-8-4-3-5-9-16/h3-5,7-9,12-13,17-18,23,28H,6,10-11,14H2,1-2H3,(H,29,32)/t17?,18?,23-/m0/s1. The van der Waals surface area contributed by atoms with Gasteiger partial charge in [0.15, 0.2) is 0 Å². The van der Waals surface area contributed by atoms with E-state index in [2.05, 4.69) is 15.8 Å². The number of fused-ring (bicyclic) bond motifs is 3. The summed E-state index contributed by atoms with van der Waals surface area (Å²) < 4.78 is 7.20. The van der Waals surface area contributed by atoms with Crippen molar-refractivity contribution in [2.24, 2.45) is 0 Å². The fourth-order valence-corrected chi connectivity index (χ4v) is 5.50. The molecule has 1 aliphatic carbocycles. The summed E-state index contributed by atoms with van der Waals surface area (Å²) in [6, 6.07) is 14.7. The molecule has 34 heavy (non-hydrogen) atoms. The molecule has 0 saturated heterocycles. The van der Waals surface area contributed by atoms with Crippen molar-refractivity contribution in [1.29, 1.82) is 0 Å². The van der Waals surface area contributed by atoms with E-state index in [1.807, 2.05) is 47.0 Å². The van der Waals surface area contributed by atoms with Crippen LogP contribution in [0, 0.1) is 6.92 Å². The van der Waals surface area contributed by atoms with E-state index in [0.717, 1.165) is 35.7 Å². The lowest BCUT2D eigenvalue weighted by molar-refractivity contribution is -0.124. The van der Waals surface area contributed by atoms with Crippen molar-refractivity contribution < 1.29 is 9.32 Å². The molecule has 1 saturated carbocycles. The molecular formula is C26H27ClN4O3. The van der Waals surface area contributed by atoms with Gasteiger partial charge in [-0.05, 0) is 57.4 Å². The second kappa shape index (κ2) is 9.24. The number of aromatic nitrogens is 2. The number of halogens is 1. The highest BCUT2D eigenvalue weighted by Gasteiger charge is 2.30. The van der Waals surface area contributed by atoms with Gasteiger partial charge in [0.05, 0.1) is 10.5 Å². The van der Waals surface area contributed by atoms with E-state index in [9.17, 15) is 9.59 Å². The molecule has 2 heterocycles. The molecule has 2 aromatic heterocycles. The average molecular weight is 479 g/mol. The number of likely N-dealkylation sites (N-methyl/N-ethyl adjacent to an activating group) is 1. The van der Waals surface area contributed by atoms with E-state index in [1.165, 1.54) is 0 Å². The molecule has 0 aliphatic heterocycles. The highest BCUT2D eigenvalue weighted by atomic mass is 35.5. The highest BCUT2D eigenvalue weighted by molar-refractivity contribution is 6.37. The summed E-state index contributed by atoms with van der Waals surface area (Å²) in [5.41, 5.74) is 2.03. The number of nitrogens with zero attached hydrogens (tertiary/aromatic N) is 2. The maximum Gasteiger partial charge on any atom is 0.264 e. The number of hydrogen-bond acceptors (Lipinski definition) is 5. The van der Waals surface area contributed by atoms with Gasteiger partial charge in [-0.3, -0.25) is 9.59 Å². The molecule has 1 fully saturated rings. The van der Waals surface area contributed by atoms with Crippen LogP contribution in [-0.4, -0.2) is 28.7 Å². The number of nitrogens with one attached hydrogen (secondary N) is 2. The van der Waals surface area contributed by atoms with E-state index in [-0.39, 0.29) is 23.6 Å². The van der Waals surface area contributed by atoms with Crippen LogP contribution in [0.25, 0.3) is 21.8 Å². The zero-order chi connectivity index (χ0) is 23.8. The Balaban J connectivity index is 1.48. The van der Waals surface area contributed by atoms with Crippen LogP contribution < -0.4 is 16.2 Å². The molecule has 2 N–H and O–H groups in total. The fraction of sp³-hybridized carbons (Fsp3) is 0.346. The number of pyridine rings is 1. The maximum atomic E-state index is 13.6. The van der Waals surface area contributed by atoms with Crippen molar-refractivity contribution in [1.82, 2.24) is 20.4 Å². The van der Waals surface area contributed by atoms with Crippen LogP contribution in [0.1, 0.15) is 49.1 Å². The van der Waals surface area contributed by atoms with Crippen molar-refractivity contribution in [2.75, 3.05) is 7.05 Å². The van der Waals surface area contributed by atoms with Gasteiger partial charge in [-0.15, -0.1) is 0 Å². The second-order valence-corrected chi connectivity index (χ2v) is 9.34. The lowest BCUT2D eigenvalue weighted by atomic mass is 9.89. The van der Waals surface area contributed by atoms with Crippen molar-refractivity contribution in [3.63, 3.8) is 0 Å². The molecule has 0 spiro atoms. The van der Waals surface area contributed by atoms with Crippen LogP contribution >= 0.6 is 11.6 Å². The number of aryl methyl sites for hydroxylation is 1. The predicted molar refractivity (Wildman–Crippen MR) is 133 cm³/mol. The van der Waals surface area contributed by atoms with Crippen LogP contribution in [0.5, 0.6) is 0 Å². The third-order valence-corrected chi connectivity index (χ3v) is 7.14. The predicted octanol–water partition coefficient (Wildman–Crippen LogP) is 4.67. The summed E-state index contributed by atoms with van der Waals surface area (Å²) >= 11 is 6.55.